The highest BCUT2D eigenvalue weighted by Gasteiger charge is 2.20. The Morgan fingerprint density at radius 2 is 0.940 bits per heavy atom. The van der Waals surface area contributed by atoms with Gasteiger partial charge in [-0.05, 0) is 58.7 Å². The molecular formula is C45H28N4O. The minimum Gasteiger partial charge on any atom is -0.456 e. The van der Waals surface area contributed by atoms with Gasteiger partial charge >= 0.3 is 0 Å². The Morgan fingerprint density at radius 3 is 1.66 bits per heavy atom. The Kier molecular flexibility index (Phi) is 6.42. The highest BCUT2D eigenvalue weighted by molar-refractivity contribution is 6.15. The van der Waals surface area contributed by atoms with Crippen molar-refractivity contribution in [1.82, 2.24) is 19.5 Å². The molecule has 0 saturated heterocycles. The van der Waals surface area contributed by atoms with Crippen LogP contribution in [0.5, 0.6) is 0 Å². The van der Waals surface area contributed by atoms with Gasteiger partial charge in [-0.15, -0.1) is 0 Å². The van der Waals surface area contributed by atoms with Crippen molar-refractivity contribution in [1.29, 1.82) is 0 Å². The van der Waals surface area contributed by atoms with E-state index in [1.54, 1.807) is 0 Å². The van der Waals surface area contributed by atoms with Gasteiger partial charge in [0, 0.05) is 32.7 Å². The molecule has 50 heavy (non-hydrogen) atoms. The van der Waals surface area contributed by atoms with Gasteiger partial charge in [0.15, 0.2) is 11.6 Å². The number of furan rings is 1. The third-order valence-electron chi connectivity index (χ3n) is 9.48. The fourth-order valence-electron chi connectivity index (χ4n) is 7.13. The molecule has 0 unspecified atom stereocenters. The van der Waals surface area contributed by atoms with Gasteiger partial charge in [0.05, 0.1) is 11.0 Å². The van der Waals surface area contributed by atoms with Crippen LogP contribution in [-0.4, -0.2) is 19.5 Å². The van der Waals surface area contributed by atoms with Gasteiger partial charge in [0.2, 0.25) is 5.95 Å². The first-order valence-corrected chi connectivity index (χ1v) is 16.7. The molecule has 0 N–H and O–H groups in total. The fraction of sp³-hybridized carbons (Fsp3) is 0. The molecule has 0 atom stereocenters. The van der Waals surface area contributed by atoms with Crippen molar-refractivity contribution in [2.45, 2.75) is 0 Å². The molecule has 0 amide bonds. The Labute approximate surface area is 287 Å². The summed E-state index contributed by atoms with van der Waals surface area (Å²) in [6, 6.07) is 58.6. The fourth-order valence-corrected chi connectivity index (χ4v) is 7.13. The summed E-state index contributed by atoms with van der Waals surface area (Å²) < 4.78 is 8.65. The van der Waals surface area contributed by atoms with Gasteiger partial charge in [-0.25, -0.2) is 4.98 Å². The first-order valence-electron chi connectivity index (χ1n) is 16.7. The Morgan fingerprint density at radius 1 is 0.380 bits per heavy atom. The zero-order valence-electron chi connectivity index (χ0n) is 26.9. The van der Waals surface area contributed by atoms with E-state index in [2.05, 4.69) is 132 Å². The highest BCUT2D eigenvalue weighted by Crippen LogP contribution is 2.39. The van der Waals surface area contributed by atoms with E-state index in [-0.39, 0.29) is 0 Å². The predicted molar refractivity (Wildman–Crippen MR) is 203 cm³/mol. The largest absolute Gasteiger partial charge is 0.456 e. The Bertz CT molecular complexity index is 2860. The third-order valence-corrected chi connectivity index (χ3v) is 9.48. The van der Waals surface area contributed by atoms with Crippen LogP contribution in [0.1, 0.15) is 0 Å². The van der Waals surface area contributed by atoms with E-state index in [0.29, 0.717) is 17.6 Å². The lowest BCUT2D eigenvalue weighted by Crippen LogP contribution is -2.06. The molecule has 234 valence electrons. The van der Waals surface area contributed by atoms with Gasteiger partial charge in [0.25, 0.3) is 0 Å². The second-order valence-electron chi connectivity index (χ2n) is 12.5. The first kappa shape index (κ1) is 28.2. The maximum absolute atomic E-state index is 6.49. The molecule has 10 aromatic rings. The third kappa shape index (κ3) is 4.60. The summed E-state index contributed by atoms with van der Waals surface area (Å²) in [6.45, 7) is 0. The topological polar surface area (TPSA) is 56.7 Å². The Hall–Kier alpha value is -6.85. The van der Waals surface area contributed by atoms with E-state index >= 15 is 0 Å². The molecule has 3 heterocycles. The molecule has 10 rings (SSSR count). The monoisotopic (exact) mass is 640 g/mol. The Balaban J connectivity index is 1.19. The van der Waals surface area contributed by atoms with E-state index in [0.717, 1.165) is 71.6 Å². The van der Waals surface area contributed by atoms with Crippen molar-refractivity contribution in [3.63, 3.8) is 0 Å². The summed E-state index contributed by atoms with van der Waals surface area (Å²) in [4.78, 5) is 15.4. The van der Waals surface area contributed by atoms with Gasteiger partial charge in [-0.2, -0.15) is 9.97 Å². The maximum Gasteiger partial charge on any atom is 0.238 e. The van der Waals surface area contributed by atoms with Crippen molar-refractivity contribution in [3.8, 4) is 51.0 Å². The van der Waals surface area contributed by atoms with Crippen LogP contribution in [0.4, 0.5) is 0 Å². The minimum absolute atomic E-state index is 0.558. The van der Waals surface area contributed by atoms with Crippen LogP contribution in [0.3, 0.4) is 0 Å². The molecule has 0 radical (unpaired) electrons. The average Bonchev–Trinajstić information content (AvgIpc) is 3.74. The summed E-state index contributed by atoms with van der Waals surface area (Å²) in [5.74, 6) is 1.74. The molecule has 0 saturated carbocycles. The second kappa shape index (κ2) is 11.4. The number of para-hydroxylation sites is 1. The van der Waals surface area contributed by atoms with E-state index in [1.165, 1.54) is 5.56 Å². The molecular weight excluding hydrogens is 613 g/mol. The van der Waals surface area contributed by atoms with Crippen molar-refractivity contribution < 1.29 is 4.42 Å². The molecule has 0 aliphatic rings. The van der Waals surface area contributed by atoms with Crippen molar-refractivity contribution in [2.24, 2.45) is 0 Å². The normalized spacial score (nSPS) is 11.6. The summed E-state index contributed by atoms with van der Waals surface area (Å²) in [6.07, 6.45) is 0. The summed E-state index contributed by atoms with van der Waals surface area (Å²) in [7, 11) is 0. The lowest BCUT2D eigenvalue weighted by atomic mass is 9.99. The number of fused-ring (bicyclic) bond motifs is 6. The quantitative estimate of drug-likeness (QED) is 0.188. The molecule has 5 nitrogen and oxygen atoms in total. The zero-order chi connectivity index (χ0) is 33.0. The number of hydrogen-bond acceptors (Lipinski definition) is 4. The number of hydrogen-bond donors (Lipinski definition) is 0. The molecule has 3 aromatic heterocycles. The molecule has 0 spiro atoms. The summed E-state index contributed by atoms with van der Waals surface area (Å²) in [5, 5.41) is 4.43. The van der Waals surface area contributed by atoms with Crippen LogP contribution >= 0.6 is 0 Å². The predicted octanol–water partition coefficient (Wildman–Crippen LogP) is 11.5. The number of nitrogens with zero attached hydrogens (tertiary/aromatic N) is 4. The summed E-state index contributed by atoms with van der Waals surface area (Å²) in [5.41, 5.74) is 10.1. The van der Waals surface area contributed by atoms with Gasteiger partial charge in [-0.1, -0.05) is 133 Å². The van der Waals surface area contributed by atoms with Crippen LogP contribution in [0, 0.1) is 0 Å². The number of benzene rings is 7. The lowest BCUT2D eigenvalue weighted by Gasteiger charge is -2.11. The summed E-state index contributed by atoms with van der Waals surface area (Å²) >= 11 is 0. The van der Waals surface area contributed by atoms with Crippen LogP contribution in [0.15, 0.2) is 174 Å². The van der Waals surface area contributed by atoms with Gasteiger partial charge in [0.1, 0.15) is 11.2 Å². The van der Waals surface area contributed by atoms with Gasteiger partial charge in [-0.3, -0.25) is 4.57 Å². The highest BCUT2D eigenvalue weighted by atomic mass is 16.3. The van der Waals surface area contributed by atoms with E-state index < -0.39 is 0 Å². The molecule has 0 aliphatic carbocycles. The van der Waals surface area contributed by atoms with Crippen molar-refractivity contribution in [3.05, 3.63) is 170 Å². The van der Waals surface area contributed by atoms with Crippen LogP contribution in [0.25, 0.3) is 94.7 Å². The number of rotatable bonds is 5. The smallest absolute Gasteiger partial charge is 0.238 e. The lowest BCUT2D eigenvalue weighted by molar-refractivity contribution is 0.669. The van der Waals surface area contributed by atoms with Crippen LogP contribution < -0.4 is 0 Å². The van der Waals surface area contributed by atoms with Crippen molar-refractivity contribution in [2.75, 3.05) is 0 Å². The standard InChI is InChI=1S/C45H28N4O/c1-4-13-29(14-5-1)32-23-25-35-36-26-24-33(28-41(36)50-40(35)27-32)44-46-43(31-17-8-3-9-18-31)47-45(48-44)49-38-21-11-10-19-37(38)42-34(20-12-22-39(42)49)30-15-6-2-7-16-30/h1-28H. The number of aromatic nitrogens is 4. The molecule has 5 heteroatoms. The maximum atomic E-state index is 6.49. The van der Waals surface area contributed by atoms with E-state index in [1.807, 2.05) is 42.5 Å². The molecule has 7 aromatic carbocycles. The SMILES string of the molecule is c1ccc(-c2ccc3c(c2)oc2cc(-c4nc(-c5ccccc5)nc(-n5c6ccccc6c6c(-c7ccccc7)cccc65)n4)ccc23)cc1. The molecule has 0 bridgehead atoms. The second-order valence-corrected chi connectivity index (χ2v) is 12.5. The minimum atomic E-state index is 0.558. The van der Waals surface area contributed by atoms with Crippen LogP contribution in [0.2, 0.25) is 0 Å². The average molecular weight is 641 g/mol. The molecule has 0 fully saturated rings. The van der Waals surface area contributed by atoms with Crippen molar-refractivity contribution >= 4 is 43.7 Å². The van der Waals surface area contributed by atoms with E-state index in [4.69, 9.17) is 19.4 Å². The molecule has 0 aliphatic heterocycles. The first-order chi connectivity index (χ1) is 24.8. The van der Waals surface area contributed by atoms with Gasteiger partial charge < -0.3 is 4.42 Å². The van der Waals surface area contributed by atoms with E-state index in [9.17, 15) is 0 Å². The van der Waals surface area contributed by atoms with Crippen LogP contribution in [-0.2, 0) is 0 Å². The zero-order valence-corrected chi connectivity index (χ0v) is 26.9.